The third-order valence-corrected chi connectivity index (χ3v) is 6.25. The molecule has 204 valence electrons. The summed E-state index contributed by atoms with van der Waals surface area (Å²) in [5.74, 6) is 0.518. The van der Waals surface area contributed by atoms with Gasteiger partial charge < -0.3 is 19.5 Å². The molecule has 0 heterocycles. The Kier molecular flexibility index (Phi) is 9.99. The summed E-state index contributed by atoms with van der Waals surface area (Å²) in [6, 6.07) is 26.3. The molecule has 40 heavy (non-hydrogen) atoms. The molecular formula is C30H25Cl2N3O5. The summed E-state index contributed by atoms with van der Waals surface area (Å²) >= 11 is 11.9. The maximum Gasteiger partial charge on any atom is 0.271 e. The number of carbonyl (C=O) groups is 2. The largest absolute Gasteiger partial charge is 0.493 e. The van der Waals surface area contributed by atoms with Crippen LogP contribution in [0.2, 0.25) is 10.0 Å². The van der Waals surface area contributed by atoms with E-state index in [4.69, 9.17) is 37.4 Å². The molecule has 2 amide bonds. The van der Waals surface area contributed by atoms with Gasteiger partial charge in [-0.25, -0.2) is 5.43 Å². The van der Waals surface area contributed by atoms with Crippen LogP contribution in [0.5, 0.6) is 17.2 Å². The first-order valence-electron chi connectivity index (χ1n) is 12.1. The van der Waals surface area contributed by atoms with E-state index in [-0.39, 0.29) is 12.5 Å². The zero-order chi connectivity index (χ0) is 28.3. The number of methoxy groups -OCH3 is 1. The molecule has 0 aromatic heterocycles. The molecule has 0 spiro atoms. The van der Waals surface area contributed by atoms with Crippen molar-refractivity contribution in [2.24, 2.45) is 5.10 Å². The fourth-order valence-corrected chi connectivity index (χ4v) is 3.82. The van der Waals surface area contributed by atoms with Crippen molar-refractivity contribution in [1.82, 2.24) is 5.43 Å². The van der Waals surface area contributed by atoms with Gasteiger partial charge in [0.2, 0.25) is 0 Å². The predicted octanol–water partition coefficient (Wildman–Crippen LogP) is 6.36. The first-order valence-corrected chi connectivity index (χ1v) is 12.8. The summed E-state index contributed by atoms with van der Waals surface area (Å²) in [5, 5.41) is 7.45. The molecule has 4 rings (SSSR count). The fourth-order valence-electron chi connectivity index (χ4n) is 3.52. The molecule has 0 bridgehead atoms. The van der Waals surface area contributed by atoms with Crippen molar-refractivity contribution in [2.45, 2.75) is 6.61 Å². The molecular weight excluding hydrogens is 553 g/mol. The number of benzene rings is 4. The lowest BCUT2D eigenvalue weighted by molar-refractivity contribution is -0.118. The van der Waals surface area contributed by atoms with Crippen molar-refractivity contribution in [3.8, 4) is 17.2 Å². The number of amides is 2. The van der Waals surface area contributed by atoms with Crippen LogP contribution in [0.15, 0.2) is 96.1 Å². The zero-order valence-electron chi connectivity index (χ0n) is 21.4. The van der Waals surface area contributed by atoms with Crippen LogP contribution in [0.3, 0.4) is 0 Å². The predicted molar refractivity (Wildman–Crippen MR) is 156 cm³/mol. The fraction of sp³-hybridized carbons (Fsp3) is 0.100. The van der Waals surface area contributed by atoms with Crippen LogP contribution >= 0.6 is 23.2 Å². The van der Waals surface area contributed by atoms with Crippen LogP contribution < -0.4 is 25.0 Å². The number of hydrogen-bond acceptors (Lipinski definition) is 6. The molecule has 0 saturated carbocycles. The van der Waals surface area contributed by atoms with Crippen LogP contribution in [0.4, 0.5) is 5.69 Å². The number of carbonyl (C=O) groups excluding carboxylic acids is 2. The zero-order valence-corrected chi connectivity index (χ0v) is 22.9. The number of rotatable bonds is 11. The standard InChI is InChI=1S/C30H25Cl2N3O5/c1-38-28-15-21(11-14-27(28)39-18-20-7-3-2-4-8-20)30(37)35-33-17-22-9-5-6-10-26(22)40-19-29(36)34-23-12-13-24(31)25(32)16-23/h2-17H,18-19H2,1H3,(H,34,36)(H,35,37)/b33-17+. The number of para-hydroxylation sites is 1. The first kappa shape index (κ1) is 28.5. The molecule has 0 aliphatic heterocycles. The second kappa shape index (κ2) is 14.0. The molecule has 4 aromatic rings. The molecule has 0 aliphatic carbocycles. The second-order valence-corrected chi connectivity index (χ2v) is 9.16. The molecule has 2 N–H and O–H groups in total. The smallest absolute Gasteiger partial charge is 0.271 e. The molecule has 0 aliphatic rings. The van der Waals surface area contributed by atoms with Crippen molar-refractivity contribution >= 4 is 46.9 Å². The molecule has 0 atom stereocenters. The van der Waals surface area contributed by atoms with E-state index in [0.717, 1.165) is 5.56 Å². The van der Waals surface area contributed by atoms with Crippen LogP contribution in [0, 0.1) is 0 Å². The Bertz CT molecular complexity index is 1510. The Balaban J connectivity index is 1.33. The Labute approximate surface area is 241 Å². The second-order valence-electron chi connectivity index (χ2n) is 8.34. The SMILES string of the molecule is COc1cc(C(=O)N/N=C/c2ccccc2OCC(=O)Nc2ccc(Cl)c(Cl)c2)ccc1OCc1ccccc1. The quantitative estimate of drug-likeness (QED) is 0.159. The molecule has 0 fully saturated rings. The van der Waals surface area contributed by atoms with Gasteiger partial charge in [-0.2, -0.15) is 5.10 Å². The summed E-state index contributed by atoms with van der Waals surface area (Å²) in [4.78, 5) is 25.0. The monoisotopic (exact) mass is 577 g/mol. The highest BCUT2D eigenvalue weighted by molar-refractivity contribution is 6.42. The van der Waals surface area contributed by atoms with Crippen LogP contribution in [-0.2, 0) is 11.4 Å². The average Bonchev–Trinajstić information content (AvgIpc) is 2.98. The highest BCUT2D eigenvalue weighted by Crippen LogP contribution is 2.29. The lowest BCUT2D eigenvalue weighted by Gasteiger charge is -2.12. The van der Waals surface area contributed by atoms with Gasteiger partial charge in [-0.3, -0.25) is 9.59 Å². The first-order chi connectivity index (χ1) is 19.4. The van der Waals surface area contributed by atoms with Crippen molar-refractivity contribution in [2.75, 3.05) is 19.0 Å². The Morgan fingerprint density at radius 3 is 2.38 bits per heavy atom. The third kappa shape index (κ3) is 7.99. The molecule has 8 nitrogen and oxygen atoms in total. The minimum Gasteiger partial charge on any atom is -0.493 e. The minimum atomic E-state index is -0.441. The molecule has 0 saturated heterocycles. The van der Waals surface area contributed by atoms with Crippen molar-refractivity contribution < 1.29 is 23.8 Å². The Hall–Kier alpha value is -4.53. The minimum absolute atomic E-state index is 0.254. The molecule has 4 aromatic carbocycles. The van der Waals surface area contributed by atoms with Gasteiger partial charge in [0, 0.05) is 16.8 Å². The lowest BCUT2D eigenvalue weighted by Crippen LogP contribution is -2.20. The van der Waals surface area contributed by atoms with Crippen molar-refractivity contribution in [3.63, 3.8) is 0 Å². The normalized spacial score (nSPS) is 10.7. The van der Waals surface area contributed by atoms with E-state index in [2.05, 4.69) is 15.8 Å². The number of ether oxygens (including phenoxy) is 3. The molecule has 0 unspecified atom stereocenters. The van der Waals surface area contributed by atoms with E-state index < -0.39 is 5.91 Å². The van der Waals surface area contributed by atoms with Gasteiger partial charge in [-0.15, -0.1) is 0 Å². The number of hydrazone groups is 1. The highest BCUT2D eigenvalue weighted by atomic mass is 35.5. The average molecular weight is 578 g/mol. The van der Waals surface area contributed by atoms with Crippen LogP contribution in [0.1, 0.15) is 21.5 Å². The number of hydrogen-bond donors (Lipinski definition) is 2. The van der Waals surface area contributed by atoms with Gasteiger partial charge in [-0.05, 0) is 54.1 Å². The van der Waals surface area contributed by atoms with E-state index in [9.17, 15) is 9.59 Å². The summed E-state index contributed by atoms with van der Waals surface area (Å²) in [5.41, 5.74) is 4.89. The van der Waals surface area contributed by atoms with Gasteiger partial charge in [-0.1, -0.05) is 65.7 Å². The summed E-state index contributed by atoms with van der Waals surface area (Å²) in [6.07, 6.45) is 1.43. The summed E-state index contributed by atoms with van der Waals surface area (Å²) in [7, 11) is 1.51. The van der Waals surface area contributed by atoms with Crippen molar-refractivity contribution in [3.05, 3.63) is 118 Å². The number of anilines is 1. The summed E-state index contributed by atoms with van der Waals surface area (Å²) in [6.45, 7) is 0.113. The van der Waals surface area contributed by atoms with Gasteiger partial charge in [0.1, 0.15) is 12.4 Å². The van der Waals surface area contributed by atoms with Crippen molar-refractivity contribution in [1.29, 1.82) is 0 Å². The third-order valence-electron chi connectivity index (χ3n) is 5.51. The Morgan fingerprint density at radius 2 is 1.60 bits per heavy atom. The molecule has 0 radical (unpaired) electrons. The van der Waals surface area contributed by atoms with Gasteiger partial charge >= 0.3 is 0 Å². The topological polar surface area (TPSA) is 98.3 Å². The van der Waals surface area contributed by atoms with E-state index in [1.54, 1.807) is 60.7 Å². The maximum absolute atomic E-state index is 12.7. The summed E-state index contributed by atoms with van der Waals surface area (Å²) < 4.78 is 16.9. The van der Waals surface area contributed by atoms with E-state index in [0.29, 0.717) is 50.7 Å². The van der Waals surface area contributed by atoms with E-state index in [1.807, 2.05) is 30.3 Å². The van der Waals surface area contributed by atoms with E-state index in [1.165, 1.54) is 13.3 Å². The van der Waals surface area contributed by atoms with Gasteiger partial charge in [0.05, 0.1) is 23.4 Å². The Morgan fingerprint density at radius 1 is 0.825 bits per heavy atom. The highest BCUT2D eigenvalue weighted by Gasteiger charge is 2.12. The van der Waals surface area contributed by atoms with Crippen LogP contribution in [-0.4, -0.2) is 31.7 Å². The number of halogens is 2. The number of nitrogens with one attached hydrogen (secondary N) is 2. The van der Waals surface area contributed by atoms with Crippen LogP contribution in [0.25, 0.3) is 0 Å². The van der Waals surface area contributed by atoms with E-state index >= 15 is 0 Å². The molecule has 10 heteroatoms. The van der Waals surface area contributed by atoms with Gasteiger partial charge in [0.15, 0.2) is 18.1 Å². The maximum atomic E-state index is 12.7. The van der Waals surface area contributed by atoms with Gasteiger partial charge in [0.25, 0.3) is 11.8 Å². The lowest BCUT2D eigenvalue weighted by atomic mass is 10.2. The number of nitrogens with zero attached hydrogens (tertiary/aromatic N) is 1.